The molecule has 6 aliphatic rings. The van der Waals surface area contributed by atoms with E-state index in [2.05, 4.69) is 36.0 Å². The molecule has 10 rings (SSSR count). The Morgan fingerprint density at radius 1 is 0.554 bits per heavy atom. The molecular weight excluding hydrogens is 701 g/mol. The minimum absolute atomic E-state index is 0.0133. The lowest BCUT2D eigenvalue weighted by molar-refractivity contribution is -0.156. The molecular formula is C48H52N2O6. The minimum atomic E-state index is -1.03. The number of ether oxygens (including phenoxy) is 4. The molecule has 0 amide bonds. The molecule has 8 nitrogen and oxygen atoms in total. The number of likely N-dealkylation sites (N-methyl/N-ethyl adjacent to an activating group) is 2. The summed E-state index contributed by atoms with van der Waals surface area (Å²) in [5.74, 6) is 2.41. The molecule has 4 fully saturated rings. The van der Waals surface area contributed by atoms with Crippen molar-refractivity contribution in [3.63, 3.8) is 0 Å². The highest BCUT2D eigenvalue weighted by atomic mass is 16.6. The fourth-order valence-corrected chi connectivity index (χ4v) is 12.3. The number of para-hydroxylation sites is 2. The molecule has 0 unspecified atom stereocenters. The number of carbonyl (C=O) groups is 2. The van der Waals surface area contributed by atoms with E-state index in [1.807, 2.05) is 60.7 Å². The van der Waals surface area contributed by atoms with E-state index in [9.17, 15) is 9.59 Å². The van der Waals surface area contributed by atoms with Gasteiger partial charge in [0.1, 0.15) is 34.5 Å². The predicted molar refractivity (Wildman–Crippen MR) is 214 cm³/mol. The number of benzene rings is 4. The van der Waals surface area contributed by atoms with Crippen molar-refractivity contribution in [1.82, 2.24) is 9.80 Å². The number of nitrogens with zero attached hydrogens (tertiary/aromatic N) is 2. The molecule has 2 saturated heterocycles. The van der Waals surface area contributed by atoms with E-state index in [0.717, 1.165) is 62.7 Å². The molecule has 6 atom stereocenters. The van der Waals surface area contributed by atoms with Crippen LogP contribution in [-0.2, 0) is 33.3 Å². The van der Waals surface area contributed by atoms with E-state index in [1.165, 1.54) is 49.7 Å². The molecule has 56 heavy (non-hydrogen) atoms. The van der Waals surface area contributed by atoms with Crippen molar-refractivity contribution in [3.05, 3.63) is 107 Å². The summed E-state index contributed by atoms with van der Waals surface area (Å²) in [5, 5.41) is 0. The Labute approximate surface area is 330 Å². The molecule has 4 aliphatic carbocycles. The van der Waals surface area contributed by atoms with Crippen molar-refractivity contribution < 1.29 is 28.5 Å². The summed E-state index contributed by atoms with van der Waals surface area (Å²) in [4.78, 5) is 33.2. The van der Waals surface area contributed by atoms with Crippen LogP contribution in [0.2, 0.25) is 0 Å². The van der Waals surface area contributed by atoms with Crippen LogP contribution in [0.3, 0.4) is 0 Å². The number of esters is 2. The van der Waals surface area contributed by atoms with Gasteiger partial charge in [-0.25, -0.2) is 9.59 Å². The Hall–Kier alpha value is -4.66. The second-order valence-electron chi connectivity index (χ2n) is 17.5. The third-order valence-electron chi connectivity index (χ3n) is 14.9. The van der Waals surface area contributed by atoms with Gasteiger partial charge in [-0.1, -0.05) is 62.1 Å². The summed E-state index contributed by atoms with van der Waals surface area (Å²) in [6.07, 6.45) is 13.0. The van der Waals surface area contributed by atoms with Crippen LogP contribution in [-0.4, -0.2) is 61.0 Å². The zero-order chi connectivity index (χ0) is 38.0. The highest BCUT2D eigenvalue weighted by Gasteiger charge is 2.55. The maximum Gasteiger partial charge on any atom is 0.423 e. The Bertz CT molecular complexity index is 2000. The molecule has 8 heteroatoms. The summed E-state index contributed by atoms with van der Waals surface area (Å²) in [6, 6.07) is 28.1. The second kappa shape index (κ2) is 14.1. The molecule has 290 valence electrons. The van der Waals surface area contributed by atoms with Crippen LogP contribution in [0.4, 0.5) is 0 Å². The first-order valence-electron chi connectivity index (χ1n) is 21.0. The van der Waals surface area contributed by atoms with Crippen molar-refractivity contribution >= 4 is 11.9 Å². The molecule has 2 saturated carbocycles. The normalized spacial score (nSPS) is 29.1. The number of likely N-dealkylation sites (tertiary alicyclic amines) is 2. The average Bonchev–Trinajstić information content (AvgIpc) is 3.22. The average molecular weight is 753 g/mol. The topological polar surface area (TPSA) is 77.5 Å². The number of carbonyl (C=O) groups excluding carboxylic acids is 2. The van der Waals surface area contributed by atoms with E-state index in [-0.39, 0.29) is 10.8 Å². The lowest BCUT2D eigenvalue weighted by atomic mass is 9.52. The number of piperidine rings is 2. The quantitative estimate of drug-likeness (QED) is 0.110. The zero-order valence-corrected chi connectivity index (χ0v) is 32.6. The first-order chi connectivity index (χ1) is 27.3. The van der Waals surface area contributed by atoms with Crippen molar-refractivity contribution in [3.8, 4) is 34.5 Å². The van der Waals surface area contributed by atoms with E-state index < -0.39 is 11.9 Å². The molecule has 4 aromatic rings. The second-order valence-corrected chi connectivity index (χ2v) is 17.5. The minimum Gasteiger partial charge on any atom is -0.457 e. The highest BCUT2D eigenvalue weighted by molar-refractivity contribution is 6.31. The first kappa shape index (κ1) is 35.7. The molecule has 4 aromatic carbocycles. The van der Waals surface area contributed by atoms with Gasteiger partial charge in [-0.2, -0.15) is 0 Å². The van der Waals surface area contributed by atoms with Crippen molar-refractivity contribution in [1.29, 1.82) is 0 Å². The van der Waals surface area contributed by atoms with Gasteiger partial charge in [0.05, 0.1) is 0 Å². The Morgan fingerprint density at radius 2 is 0.982 bits per heavy atom. The van der Waals surface area contributed by atoms with Gasteiger partial charge in [0.2, 0.25) is 0 Å². The maximum absolute atomic E-state index is 14.1. The van der Waals surface area contributed by atoms with Crippen LogP contribution >= 0.6 is 0 Å². The monoisotopic (exact) mass is 752 g/mol. The predicted octanol–water partition coefficient (Wildman–Crippen LogP) is 9.16. The Kier molecular flexibility index (Phi) is 8.98. The summed E-state index contributed by atoms with van der Waals surface area (Å²) in [6.45, 7) is 2.06. The number of fused-ring (bicyclic) bond motifs is 2. The van der Waals surface area contributed by atoms with E-state index in [4.69, 9.17) is 18.9 Å². The van der Waals surface area contributed by atoms with Gasteiger partial charge in [-0.05, 0) is 138 Å². The van der Waals surface area contributed by atoms with Gasteiger partial charge in [0.15, 0.2) is 0 Å². The van der Waals surface area contributed by atoms with Gasteiger partial charge in [0, 0.05) is 46.2 Å². The number of hydrogen-bond acceptors (Lipinski definition) is 8. The fraction of sp³-hybridized carbons (Fsp3) is 0.458. The van der Waals surface area contributed by atoms with Crippen LogP contribution < -0.4 is 18.9 Å². The molecule has 0 aromatic heterocycles. The fourth-order valence-electron chi connectivity index (χ4n) is 12.3. The summed E-state index contributed by atoms with van der Waals surface area (Å²) in [5.41, 5.74) is 4.42. The van der Waals surface area contributed by atoms with Crippen LogP contribution in [0, 0.1) is 11.8 Å². The van der Waals surface area contributed by atoms with Crippen LogP contribution in [0.25, 0.3) is 0 Å². The summed E-state index contributed by atoms with van der Waals surface area (Å²) < 4.78 is 25.3. The Morgan fingerprint density at radius 3 is 1.41 bits per heavy atom. The third-order valence-corrected chi connectivity index (χ3v) is 14.9. The Balaban J connectivity index is 1.01. The van der Waals surface area contributed by atoms with Gasteiger partial charge in [-0.3, -0.25) is 0 Å². The smallest absolute Gasteiger partial charge is 0.423 e. The largest absolute Gasteiger partial charge is 0.457 e. The van der Waals surface area contributed by atoms with Crippen molar-refractivity contribution in [2.75, 3.05) is 27.2 Å². The van der Waals surface area contributed by atoms with Gasteiger partial charge >= 0.3 is 11.9 Å². The van der Waals surface area contributed by atoms with Gasteiger partial charge in [0.25, 0.3) is 0 Å². The van der Waals surface area contributed by atoms with Crippen LogP contribution in [0.5, 0.6) is 34.5 Å². The van der Waals surface area contributed by atoms with E-state index in [0.29, 0.717) is 58.4 Å². The SMILES string of the molecule is CN1CC[C@]23CCCC[C@H]2[C@H]1Cc1c(OC(=O)C(=O)Oc2cc(Oc4ccccc4)cc4c2C[C@@H]2[C@@H]5CCCC[C@]45CCN2C)cc(Oc2ccccc2)cc13. The standard InChI is InChI=1S/C48H52N2O6/c1-49-23-21-47-19-11-9-17-37(47)41(49)29-35-39(47)25-33(53-31-13-5-3-6-14-31)27-43(35)55-45(51)46(52)56-44-28-34(54-32-15-7-4-8-16-32)26-40-36(44)30-42-38-18-10-12-20-48(38,40)22-24-50(42)2/h3-8,13-16,25-28,37-38,41-42H,9-12,17-24,29-30H2,1-2H3/t37-,38-,41+,42+,47+,48+/m0/s1. The molecule has 0 spiro atoms. The van der Waals surface area contributed by atoms with Gasteiger partial charge < -0.3 is 28.7 Å². The molecule has 0 radical (unpaired) electrons. The van der Waals surface area contributed by atoms with E-state index >= 15 is 0 Å². The molecule has 2 heterocycles. The molecule has 0 N–H and O–H groups in total. The number of rotatable bonds is 6. The lowest BCUT2D eigenvalue weighted by Gasteiger charge is -2.58. The number of hydrogen-bond donors (Lipinski definition) is 0. The summed E-state index contributed by atoms with van der Waals surface area (Å²) in [7, 11) is 4.45. The zero-order valence-electron chi connectivity index (χ0n) is 32.6. The lowest BCUT2D eigenvalue weighted by Crippen LogP contribution is -2.59. The van der Waals surface area contributed by atoms with Gasteiger partial charge in [-0.15, -0.1) is 0 Å². The van der Waals surface area contributed by atoms with Crippen molar-refractivity contribution in [2.24, 2.45) is 11.8 Å². The summed E-state index contributed by atoms with van der Waals surface area (Å²) >= 11 is 0. The van der Waals surface area contributed by atoms with Crippen molar-refractivity contribution in [2.45, 2.75) is 100.0 Å². The maximum atomic E-state index is 14.1. The van der Waals surface area contributed by atoms with Crippen LogP contribution in [0.15, 0.2) is 84.9 Å². The first-order valence-corrected chi connectivity index (χ1v) is 21.0. The van der Waals surface area contributed by atoms with E-state index in [1.54, 1.807) is 12.1 Å². The molecule has 4 bridgehead atoms. The molecule has 2 aliphatic heterocycles. The highest BCUT2D eigenvalue weighted by Crippen LogP contribution is 2.59. The van der Waals surface area contributed by atoms with Crippen LogP contribution in [0.1, 0.15) is 86.5 Å². The third kappa shape index (κ3) is 5.94.